The third-order valence-electron chi connectivity index (χ3n) is 6.31. The van der Waals surface area contributed by atoms with Gasteiger partial charge in [-0.2, -0.15) is 0 Å². The number of aliphatic hydroxyl groups excluding tert-OH is 2. The Hall–Kier alpha value is -3.42. The van der Waals surface area contributed by atoms with Crippen LogP contribution in [0.2, 0.25) is 0 Å². The Kier molecular flexibility index (Phi) is 17.1. The van der Waals surface area contributed by atoms with Crippen LogP contribution in [0, 0.1) is 0 Å². The third kappa shape index (κ3) is 16.1. The van der Waals surface area contributed by atoms with Gasteiger partial charge in [-0.15, -0.1) is 0 Å². The molecular formula is C24H43N7O11. The summed E-state index contributed by atoms with van der Waals surface area (Å²) in [5.74, 6) is -5.26. The topological polar surface area (TPSA) is 253 Å². The number of nitrogens with one attached hydrogen (secondary N) is 3. The Morgan fingerprint density at radius 2 is 0.976 bits per heavy atom. The zero-order valence-corrected chi connectivity index (χ0v) is 23.7. The lowest BCUT2D eigenvalue weighted by Crippen LogP contribution is -2.54. The van der Waals surface area contributed by atoms with Gasteiger partial charge in [-0.05, 0) is 6.92 Å². The Bertz CT molecular complexity index is 891. The summed E-state index contributed by atoms with van der Waals surface area (Å²) in [6, 6.07) is -1.88. The van der Waals surface area contributed by atoms with Crippen LogP contribution >= 0.6 is 0 Å². The summed E-state index contributed by atoms with van der Waals surface area (Å²) in [6.45, 7) is 0.568. The molecule has 8 N–H and O–H groups in total. The molecule has 42 heavy (non-hydrogen) atoms. The average molecular weight is 606 g/mol. The van der Waals surface area contributed by atoms with Crippen LogP contribution in [-0.4, -0.2) is 191 Å². The van der Waals surface area contributed by atoms with E-state index >= 15 is 0 Å². The molecule has 1 aliphatic rings. The van der Waals surface area contributed by atoms with Crippen molar-refractivity contribution in [3.8, 4) is 0 Å². The molecule has 0 bridgehead atoms. The summed E-state index contributed by atoms with van der Waals surface area (Å²) < 4.78 is 0. The number of hydrogen-bond donors (Lipinski definition) is 8. The number of amides is 3. The highest BCUT2D eigenvalue weighted by Gasteiger charge is 2.24. The molecule has 0 aliphatic carbocycles. The van der Waals surface area contributed by atoms with Gasteiger partial charge in [0.1, 0.15) is 6.04 Å². The largest absolute Gasteiger partial charge is 0.480 e. The van der Waals surface area contributed by atoms with Crippen molar-refractivity contribution in [1.29, 1.82) is 0 Å². The molecule has 18 heteroatoms. The normalized spacial score (nSPS) is 18.1. The van der Waals surface area contributed by atoms with E-state index in [1.807, 2.05) is 0 Å². The van der Waals surface area contributed by atoms with Crippen LogP contribution in [-0.2, 0) is 28.8 Å². The van der Waals surface area contributed by atoms with Gasteiger partial charge >= 0.3 is 17.9 Å². The number of nitrogens with zero attached hydrogens (tertiary/aromatic N) is 4. The summed E-state index contributed by atoms with van der Waals surface area (Å²) in [5.41, 5.74) is 0. The molecule has 18 nitrogen and oxygen atoms in total. The van der Waals surface area contributed by atoms with Crippen molar-refractivity contribution in [2.45, 2.75) is 19.0 Å². The smallest absolute Gasteiger partial charge is 0.317 e. The van der Waals surface area contributed by atoms with E-state index in [0.717, 1.165) is 0 Å². The first kappa shape index (κ1) is 36.6. The molecule has 0 radical (unpaired) electrons. The number of carbonyl (C=O) groups excluding carboxylic acids is 3. The minimum Gasteiger partial charge on any atom is -0.480 e. The molecule has 1 heterocycles. The Balaban J connectivity index is 2.91. The van der Waals surface area contributed by atoms with Crippen molar-refractivity contribution in [3.63, 3.8) is 0 Å². The molecular weight excluding hydrogens is 562 g/mol. The van der Waals surface area contributed by atoms with Crippen LogP contribution in [0.25, 0.3) is 0 Å². The van der Waals surface area contributed by atoms with Crippen molar-refractivity contribution in [2.75, 3.05) is 98.3 Å². The summed E-state index contributed by atoms with van der Waals surface area (Å²) in [6.07, 6.45) is 0. The van der Waals surface area contributed by atoms with E-state index in [1.54, 1.807) is 26.5 Å². The number of carboxylic acids is 3. The van der Waals surface area contributed by atoms with Gasteiger partial charge in [0.15, 0.2) is 0 Å². The predicted molar refractivity (Wildman–Crippen MR) is 145 cm³/mol. The van der Waals surface area contributed by atoms with Gasteiger partial charge in [0, 0.05) is 58.4 Å². The van der Waals surface area contributed by atoms with Crippen molar-refractivity contribution in [3.05, 3.63) is 0 Å². The first-order valence-corrected chi connectivity index (χ1v) is 13.5. The maximum absolute atomic E-state index is 12.8. The lowest BCUT2D eigenvalue weighted by Gasteiger charge is -2.33. The SMILES string of the molecule is C[C@H](CO)NC(=O)CNC(=O)[C@H](CO)NC(=O)CN1CCN(CC(=O)O)CCN(CC(=O)O)CCN(CC(=O)O)CC1. The standard InChI is InChI=1S/C24H43N7O11/c1-17(15-32)26-19(34)10-25-24(42)18(16-33)27-20(35)11-28-2-4-29(12-21(36)37)6-8-31(14-23(40)41)9-7-30(5-3-28)13-22(38)39/h17-18,32-33H,2-16H2,1H3,(H,25,42)(H,26,34)(H,27,35)(H,36,37)(H,38,39)(H,40,41)/t17-,18+/m1/s1. The third-order valence-corrected chi connectivity index (χ3v) is 6.31. The van der Waals surface area contributed by atoms with Gasteiger partial charge in [0.2, 0.25) is 17.7 Å². The number of carboxylic acid groups (broad SMARTS) is 3. The Morgan fingerprint density at radius 3 is 1.31 bits per heavy atom. The second-order valence-electron chi connectivity index (χ2n) is 9.96. The summed E-state index contributed by atoms with van der Waals surface area (Å²) >= 11 is 0. The summed E-state index contributed by atoms with van der Waals surface area (Å²) in [7, 11) is 0. The minimum atomic E-state index is -1.36. The van der Waals surface area contributed by atoms with Gasteiger partial charge in [0.05, 0.1) is 45.9 Å². The fraction of sp³-hybridized carbons (Fsp3) is 0.750. The number of hydrogen-bond acceptors (Lipinski definition) is 12. The second-order valence-corrected chi connectivity index (χ2v) is 9.96. The molecule has 0 aromatic heterocycles. The molecule has 240 valence electrons. The average Bonchev–Trinajstić information content (AvgIpc) is 2.90. The highest BCUT2D eigenvalue weighted by atomic mass is 16.4. The zero-order valence-electron chi connectivity index (χ0n) is 23.7. The molecule has 0 aromatic carbocycles. The molecule has 0 aromatic rings. The van der Waals surface area contributed by atoms with Crippen molar-refractivity contribution in [2.24, 2.45) is 0 Å². The summed E-state index contributed by atoms with van der Waals surface area (Å²) in [4.78, 5) is 77.6. The van der Waals surface area contributed by atoms with Gasteiger partial charge in [0.25, 0.3) is 0 Å². The van der Waals surface area contributed by atoms with E-state index in [4.69, 9.17) is 5.11 Å². The monoisotopic (exact) mass is 605 g/mol. The van der Waals surface area contributed by atoms with Gasteiger partial charge in [-0.25, -0.2) is 0 Å². The van der Waals surface area contributed by atoms with E-state index in [1.165, 1.54) is 0 Å². The number of carbonyl (C=O) groups is 6. The van der Waals surface area contributed by atoms with E-state index in [2.05, 4.69) is 16.0 Å². The Labute approximate surface area is 243 Å². The van der Waals surface area contributed by atoms with E-state index in [-0.39, 0.29) is 85.1 Å². The highest BCUT2D eigenvalue weighted by Crippen LogP contribution is 2.02. The fourth-order valence-corrected chi connectivity index (χ4v) is 4.08. The lowest BCUT2D eigenvalue weighted by atomic mass is 10.2. The van der Waals surface area contributed by atoms with Crippen molar-refractivity contribution in [1.82, 2.24) is 35.6 Å². The molecule has 0 unspecified atom stereocenters. The maximum Gasteiger partial charge on any atom is 0.317 e. The molecule has 0 spiro atoms. The van der Waals surface area contributed by atoms with Crippen LogP contribution in [0.4, 0.5) is 0 Å². The quantitative estimate of drug-likeness (QED) is 0.0867. The fourth-order valence-electron chi connectivity index (χ4n) is 4.08. The molecule has 1 saturated heterocycles. The molecule has 0 saturated carbocycles. The predicted octanol–water partition coefficient (Wildman–Crippen LogP) is -5.45. The molecule has 3 amide bonds. The molecule has 1 rings (SSSR count). The zero-order chi connectivity index (χ0) is 31.7. The molecule has 1 fully saturated rings. The van der Waals surface area contributed by atoms with E-state index in [0.29, 0.717) is 0 Å². The van der Waals surface area contributed by atoms with Gasteiger partial charge in [-0.1, -0.05) is 0 Å². The number of aliphatic hydroxyl groups is 2. The molecule has 1 aliphatic heterocycles. The van der Waals surface area contributed by atoms with Crippen molar-refractivity contribution >= 4 is 35.6 Å². The van der Waals surface area contributed by atoms with Crippen LogP contribution < -0.4 is 16.0 Å². The second kappa shape index (κ2) is 19.7. The van der Waals surface area contributed by atoms with E-state index in [9.17, 15) is 49.2 Å². The van der Waals surface area contributed by atoms with Crippen molar-refractivity contribution < 1.29 is 54.3 Å². The van der Waals surface area contributed by atoms with Gasteiger partial charge < -0.3 is 41.5 Å². The maximum atomic E-state index is 12.8. The van der Waals surface area contributed by atoms with Crippen LogP contribution in [0.5, 0.6) is 0 Å². The first-order valence-electron chi connectivity index (χ1n) is 13.5. The lowest BCUT2D eigenvalue weighted by molar-refractivity contribution is -0.140. The van der Waals surface area contributed by atoms with Gasteiger partial charge in [-0.3, -0.25) is 48.4 Å². The highest BCUT2D eigenvalue weighted by molar-refractivity contribution is 5.91. The number of aliphatic carboxylic acids is 3. The van der Waals surface area contributed by atoms with E-state index < -0.39 is 60.9 Å². The van der Waals surface area contributed by atoms with Crippen LogP contribution in [0.15, 0.2) is 0 Å². The Morgan fingerprint density at radius 1 is 0.595 bits per heavy atom. The minimum absolute atomic E-state index is 0.194. The van der Waals surface area contributed by atoms with Crippen LogP contribution in [0.1, 0.15) is 6.92 Å². The number of rotatable bonds is 15. The summed E-state index contributed by atoms with van der Waals surface area (Å²) in [5, 5.41) is 53.6. The molecule has 2 atom stereocenters. The first-order chi connectivity index (χ1) is 19.8. The van der Waals surface area contributed by atoms with Crippen LogP contribution in [0.3, 0.4) is 0 Å².